The van der Waals surface area contributed by atoms with E-state index in [0.29, 0.717) is 16.3 Å². The van der Waals surface area contributed by atoms with Crippen molar-refractivity contribution >= 4 is 34.4 Å². The van der Waals surface area contributed by atoms with Gasteiger partial charge in [-0.15, -0.1) is 11.3 Å². The topological polar surface area (TPSA) is 73.7 Å². The van der Waals surface area contributed by atoms with E-state index in [4.69, 9.17) is 0 Å². The molecule has 0 saturated heterocycles. The monoisotopic (exact) mass is 405 g/mol. The standard InChI is InChI=1S/C22H19N3O3S/c1-24(2)14-8-10-15(11-9-14)25-19(16-6-3-4-12-23-16)18(21(27)22(25)28)20(26)17-7-5-13-29-17/h3-13,19,27H,1-2H3. The molecule has 1 amide bonds. The van der Waals surface area contributed by atoms with Crippen LogP contribution in [0.3, 0.4) is 0 Å². The molecule has 0 fully saturated rings. The average molecular weight is 405 g/mol. The van der Waals surface area contributed by atoms with Gasteiger partial charge in [0.2, 0.25) is 5.78 Å². The normalized spacial score (nSPS) is 16.4. The van der Waals surface area contributed by atoms with Gasteiger partial charge in [0.15, 0.2) is 5.76 Å². The summed E-state index contributed by atoms with van der Waals surface area (Å²) in [5, 5.41) is 12.5. The Balaban J connectivity index is 1.83. The SMILES string of the molecule is CN(C)c1ccc(N2C(=O)C(O)=C(C(=O)c3cccs3)C2c2ccccn2)cc1. The molecule has 0 bridgehead atoms. The van der Waals surface area contributed by atoms with E-state index in [-0.39, 0.29) is 11.4 Å². The van der Waals surface area contributed by atoms with Gasteiger partial charge in [0.1, 0.15) is 6.04 Å². The number of hydrogen-bond donors (Lipinski definition) is 1. The van der Waals surface area contributed by atoms with Gasteiger partial charge in [-0.1, -0.05) is 12.1 Å². The Bertz CT molecular complexity index is 1070. The highest BCUT2D eigenvalue weighted by Crippen LogP contribution is 2.41. The van der Waals surface area contributed by atoms with Crippen LogP contribution in [0.25, 0.3) is 0 Å². The van der Waals surface area contributed by atoms with E-state index in [1.807, 2.05) is 31.1 Å². The van der Waals surface area contributed by atoms with Crippen molar-refractivity contribution in [3.8, 4) is 0 Å². The van der Waals surface area contributed by atoms with Gasteiger partial charge in [-0.25, -0.2) is 0 Å². The molecular formula is C22H19N3O3S. The number of hydrogen-bond acceptors (Lipinski definition) is 6. The molecule has 2 aromatic heterocycles. The lowest BCUT2D eigenvalue weighted by molar-refractivity contribution is -0.117. The minimum Gasteiger partial charge on any atom is -0.503 e. The second-order valence-electron chi connectivity index (χ2n) is 6.81. The van der Waals surface area contributed by atoms with Crippen molar-refractivity contribution in [2.45, 2.75) is 6.04 Å². The first kappa shape index (κ1) is 18.9. The zero-order valence-electron chi connectivity index (χ0n) is 15.9. The Kier molecular flexibility index (Phi) is 4.90. The molecule has 0 aliphatic carbocycles. The fraction of sp³-hybridized carbons (Fsp3) is 0.136. The van der Waals surface area contributed by atoms with E-state index in [9.17, 15) is 14.7 Å². The Morgan fingerprint density at radius 1 is 1.10 bits per heavy atom. The lowest BCUT2D eigenvalue weighted by Crippen LogP contribution is -2.31. The minimum atomic E-state index is -0.802. The molecule has 1 aliphatic rings. The molecule has 146 valence electrons. The molecule has 3 heterocycles. The average Bonchev–Trinajstić information content (AvgIpc) is 3.36. The van der Waals surface area contributed by atoms with E-state index in [0.717, 1.165) is 5.69 Å². The second kappa shape index (κ2) is 7.52. The van der Waals surface area contributed by atoms with Crippen LogP contribution in [-0.2, 0) is 4.79 Å². The number of thiophene rings is 1. The molecule has 0 spiro atoms. The molecule has 1 unspecified atom stereocenters. The molecule has 0 radical (unpaired) electrons. The van der Waals surface area contributed by atoms with Gasteiger partial charge in [0.05, 0.1) is 16.1 Å². The molecule has 0 saturated carbocycles. The number of carbonyl (C=O) groups excluding carboxylic acids is 2. The molecule has 1 atom stereocenters. The number of Topliss-reactive ketones (excluding diaryl/α,β-unsaturated/α-hetero) is 1. The first-order chi connectivity index (χ1) is 14.0. The van der Waals surface area contributed by atoms with Crippen LogP contribution in [0, 0.1) is 0 Å². The summed E-state index contributed by atoms with van der Waals surface area (Å²) in [5.41, 5.74) is 2.12. The number of benzene rings is 1. The number of aliphatic hydroxyl groups is 1. The predicted octanol–water partition coefficient (Wildman–Crippen LogP) is 3.99. The highest BCUT2D eigenvalue weighted by Gasteiger charge is 2.45. The van der Waals surface area contributed by atoms with E-state index >= 15 is 0 Å². The molecule has 1 aromatic carbocycles. The number of rotatable bonds is 5. The summed E-state index contributed by atoms with van der Waals surface area (Å²) in [6, 6.07) is 15.3. The molecular weight excluding hydrogens is 386 g/mol. The molecule has 7 heteroatoms. The third-order valence-corrected chi connectivity index (χ3v) is 5.68. The van der Waals surface area contributed by atoms with Crippen LogP contribution < -0.4 is 9.80 Å². The number of ketones is 1. The summed E-state index contributed by atoms with van der Waals surface area (Å²) in [4.78, 5) is 34.4. The third-order valence-electron chi connectivity index (χ3n) is 4.81. The van der Waals surface area contributed by atoms with Gasteiger partial charge in [0.25, 0.3) is 5.91 Å². The fourth-order valence-electron chi connectivity index (χ4n) is 3.37. The maximum Gasteiger partial charge on any atom is 0.294 e. The van der Waals surface area contributed by atoms with E-state index in [2.05, 4.69) is 4.98 Å². The van der Waals surface area contributed by atoms with Gasteiger partial charge >= 0.3 is 0 Å². The van der Waals surface area contributed by atoms with Crippen molar-refractivity contribution in [2.75, 3.05) is 23.9 Å². The van der Waals surface area contributed by atoms with Crippen molar-refractivity contribution in [3.05, 3.63) is 88.1 Å². The first-order valence-electron chi connectivity index (χ1n) is 9.02. The number of amides is 1. The summed E-state index contributed by atoms with van der Waals surface area (Å²) in [6.45, 7) is 0. The number of aliphatic hydroxyl groups excluding tert-OH is 1. The summed E-state index contributed by atoms with van der Waals surface area (Å²) in [7, 11) is 3.86. The molecule has 3 aromatic rings. The zero-order chi connectivity index (χ0) is 20.5. The van der Waals surface area contributed by atoms with Crippen molar-refractivity contribution in [1.29, 1.82) is 0 Å². The first-order valence-corrected chi connectivity index (χ1v) is 9.90. The van der Waals surface area contributed by atoms with Gasteiger partial charge in [-0.05, 0) is 47.8 Å². The van der Waals surface area contributed by atoms with Gasteiger partial charge in [0, 0.05) is 31.7 Å². The minimum absolute atomic E-state index is 0.0489. The summed E-state index contributed by atoms with van der Waals surface area (Å²) in [5.74, 6) is -1.51. The van der Waals surface area contributed by atoms with Crippen LogP contribution in [0.15, 0.2) is 77.5 Å². The highest BCUT2D eigenvalue weighted by atomic mass is 32.1. The van der Waals surface area contributed by atoms with Crippen LogP contribution in [0.1, 0.15) is 21.4 Å². The van der Waals surface area contributed by atoms with Crippen molar-refractivity contribution in [2.24, 2.45) is 0 Å². The van der Waals surface area contributed by atoms with Crippen LogP contribution in [-0.4, -0.2) is 35.9 Å². The van der Waals surface area contributed by atoms with E-state index in [1.165, 1.54) is 16.2 Å². The van der Waals surface area contributed by atoms with Crippen molar-refractivity contribution in [1.82, 2.24) is 4.98 Å². The maximum atomic E-state index is 13.1. The zero-order valence-corrected chi connectivity index (χ0v) is 16.8. The molecule has 4 rings (SSSR count). The van der Waals surface area contributed by atoms with E-state index in [1.54, 1.807) is 54.0 Å². The molecule has 29 heavy (non-hydrogen) atoms. The predicted molar refractivity (Wildman–Crippen MR) is 114 cm³/mol. The Morgan fingerprint density at radius 3 is 2.45 bits per heavy atom. The largest absolute Gasteiger partial charge is 0.503 e. The van der Waals surface area contributed by atoms with Crippen LogP contribution in [0.2, 0.25) is 0 Å². The van der Waals surface area contributed by atoms with Crippen molar-refractivity contribution < 1.29 is 14.7 Å². The van der Waals surface area contributed by atoms with Crippen LogP contribution >= 0.6 is 11.3 Å². The smallest absolute Gasteiger partial charge is 0.294 e. The number of nitrogens with zero attached hydrogens (tertiary/aromatic N) is 3. The number of carbonyl (C=O) groups is 2. The second-order valence-corrected chi connectivity index (χ2v) is 7.76. The Morgan fingerprint density at radius 2 is 1.86 bits per heavy atom. The van der Waals surface area contributed by atoms with Crippen molar-refractivity contribution in [3.63, 3.8) is 0 Å². The number of aromatic nitrogens is 1. The summed E-state index contributed by atoms with van der Waals surface area (Å²) < 4.78 is 0. The summed E-state index contributed by atoms with van der Waals surface area (Å²) in [6.07, 6.45) is 1.61. The van der Waals surface area contributed by atoms with Gasteiger partial charge < -0.3 is 10.0 Å². The van der Waals surface area contributed by atoms with E-state index < -0.39 is 17.7 Å². The quantitative estimate of drug-likeness (QED) is 0.650. The third kappa shape index (κ3) is 3.30. The molecule has 1 N–H and O–H groups in total. The lowest BCUT2D eigenvalue weighted by atomic mass is 9.98. The Hall–Kier alpha value is -3.45. The van der Waals surface area contributed by atoms with Crippen LogP contribution in [0.5, 0.6) is 0 Å². The van der Waals surface area contributed by atoms with Gasteiger partial charge in [-0.3, -0.25) is 19.5 Å². The highest BCUT2D eigenvalue weighted by molar-refractivity contribution is 7.12. The molecule has 1 aliphatic heterocycles. The number of pyridine rings is 1. The lowest BCUT2D eigenvalue weighted by Gasteiger charge is -2.26. The fourth-order valence-corrected chi connectivity index (χ4v) is 4.05. The van der Waals surface area contributed by atoms with Gasteiger partial charge in [-0.2, -0.15) is 0 Å². The number of anilines is 2. The maximum absolute atomic E-state index is 13.1. The summed E-state index contributed by atoms with van der Waals surface area (Å²) >= 11 is 1.27. The Labute approximate surface area is 172 Å². The molecule has 6 nitrogen and oxygen atoms in total. The van der Waals surface area contributed by atoms with Crippen LogP contribution in [0.4, 0.5) is 11.4 Å².